The van der Waals surface area contributed by atoms with Crippen molar-refractivity contribution in [2.24, 2.45) is 4.99 Å². The van der Waals surface area contributed by atoms with Crippen LogP contribution in [0.1, 0.15) is 49.9 Å². The molecule has 2 aliphatic heterocycles. The Morgan fingerprint density at radius 1 is 0.833 bits per heavy atom. The Morgan fingerprint density at radius 3 is 2.33 bits per heavy atom. The number of anilines is 1. The minimum absolute atomic E-state index is 0.136. The summed E-state index contributed by atoms with van der Waals surface area (Å²) in [7, 11) is 0. The number of fused-ring (bicyclic) bond motifs is 3. The molecular formula is C27H28N2O. The van der Waals surface area contributed by atoms with Gasteiger partial charge in [-0.15, -0.1) is 0 Å². The predicted octanol–water partition coefficient (Wildman–Crippen LogP) is 5.82. The standard InChI is InChI=1S/C27H28N2O/c1-26(2)15-20-10-13-23-22(16-27(3,4)30-23)24(20)25(29-26)19-7-5-6-18(14-19)17-8-11-21(28)12-9-17/h5-14H,15-16,28H2,1-4H3. The minimum Gasteiger partial charge on any atom is -0.487 e. The Bertz CT molecular complexity index is 1170. The van der Waals surface area contributed by atoms with Gasteiger partial charge in [0.05, 0.1) is 11.3 Å². The van der Waals surface area contributed by atoms with Crippen molar-refractivity contribution in [2.75, 3.05) is 5.73 Å². The molecule has 0 spiro atoms. The van der Waals surface area contributed by atoms with Gasteiger partial charge in [-0.25, -0.2) is 0 Å². The van der Waals surface area contributed by atoms with E-state index in [0.29, 0.717) is 0 Å². The molecule has 0 aromatic heterocycles. The maximum atomic E-state index is 6.23. The largest absolute Gasteiger partial charge is 0.487 e. The van der Waals surface area contributed by atoms with Crippen LogP contribution in [0.4, 0.5) is 5.69 Å². The van der Waals surface area contributed by atoms with Gasteiger partial charge in [-0.05, 0) is 75.1 Å². The number of benzene rings is 3. The normalized spacial score (nSPS) is 18.2. The molecule has 3 heteroatoms. The van der Waals surface area contributed by atoms with Crippen molar-refractivity contribution in [2.45, 2.75) is 51.7 Å². The molecule has 0 fully saturated rings. The highest BCUT2D eigenvalue weighted by Gasteiger charge is 2.37. The Hall–Kier alpha value is -3.07. The van der Waals surface area contributed by atoms with Gasteiger partial charge in [0.15, 0.2) is 0 Å². The summed E-state index contributed by atoms with van der Waals surface area (Å²) >= 11 is 0. The van der Waals surface area contributed by atoms with Gasteiger partial charge >= 0.3 is 0 Å². The van der Waals surface area contributed by atoms with E-state index in [1.54, 1.807) is 0 Å². The summed E-state index contributed by atoms with van der Waals surface area (Å²) in [6.07, 6.45) is 1.85. The minimum atomic E-state index is -0.179. The van der Waals surface area contributed by atoms with Crippen LogP contribution in [0.2, 0.25) is 0 Å². The highest BCUT2D eigenvalue weighted by Crippen LogP contribution is 2.42. The summed E-state index contributed by atoms with van der Waals surface area (Å²) in [6, 6.07) is 21.1. The fraction of sp³-hybridized carbons (Fsp3) is 0.296. The van der Waals surface area contributed by atoms with E-state index < -0.39 is 0 Å². The first-order valence-electron chi connectivity index (χ1n) is 10.6. The second-order valence-corrected chi connectivity index (χ2v) is 9.77. The van der Waals surface area contributed by atoms with Gasteiger partial charge in [-0.3, -0.25) is 4.99 Å². The van der Waals surface area contributed by atoms with Gasteiger partial charge in [-0.1, -0.05) is 36.4 Å². The molecule has 30 heavy (non-hydrogen) atoms. The Balaban J connectivity index is 1.67. The van der Waals surface area contributed by atoms with Crippen molar-refractivity contribution in [3.63, 3.8) is 0 Å². The average molecular weight is 397 g/mol. The molecule has 0 amide bonds. The van der Waals surface area contributed by atoms with Crippen LogP contribution in [0.15, 0.2) is 65.7 Å². The summed E-state index contributed by atoms with van der Waals surface area (Å²) in [5, 5.41) is 0. The Labute approximate surface area is 178 Å². The molecule has 2 aliphatic rings. The molecular weight excluding hydrogens is 368 g/mol. The smallest absolute Gasteiger partial charge is 0.124 e. The van der Waals surface area contributed by atoms with Crippen molar-refractivity contribution in [3.05, 3.63) is 82.9 Å². The summed E-state index contributed by atoms with van der Waals surface area (Å²) in [4.78, 5) is 5.24. The van der Waals surface area contributed by atoms with Crippen molar-refractivity contribution in [1.82, 2.24) is 0 Å². The molecule has 0 saturated carbocycles. The molecule has 0 atom stereocenters. The molecule has 5 rings (SSSR count). The highest BCUT2D eigenvalue weighted by atomic mass is 16.5. The molecule has 152 valence electrons. The molecule has 0 saturated heterocycles. The summed E-state index contributed by atoms with van der Waals surface area (Å²) in [5.74, 6) is 1.00. The van der Waals surface area contributed by atoms with E-state index >= 15 is 0 Å². The Morgan fingerprint density at radius 2 is 1.57 bits per heavy atom. The van der Waals surface area contributed by atoms with E-state index in [1.165, 1.54) is 22.3 Å². The molecule has 0 aliphatic carbocycles. The third-order valence-corrected chi connectivity index (χ3v) is 6.00. The van der Waals surface area contributed by atoms with Crippen LogP contribution in [0.25, 0.3) is 11.1 Å². The molecule has 0 unspecified atom stereocenters. The number of nitrogens with zero attached hydrogens (tertiary/aromatic N) is 1. The first-order chi connectivity index (χ1) is 14.2. The average Bonchev–Trinajstić information content (AvgIpc) is 3.01. The van der Waals surface area contributed by atoms with E-state index in [0.717, 1.165) is 41.1 Å². The summed E-state index contributed by atoms with van der Waals surface area (Å²) < 4.78 is 6.23. The fourth-order valence-corrected chi connectivity index (χ4v) is 4.74. The number of hydrogen-bond acceptors (Lipinski definition) is 3. The van der Waals surface area contributed by atoms with E-state index in [1.807, 2.05) is 12.1 Å². The topological polar surface area (TPSA) is 47.6 Å². The number of ether oxygens (including phenoxy) is 1. The molecule has 0 radical (unpaired) electrons. The van der Waals surface area contributed by atoms with Crippen LogP contribution in [-0.4, -0.2) is 16.9 Å². The number of aliphatic imine (C=N–C) groups is 1. The monoisotopic (exact) mass is 396 g/mol. The van der Waals surface area contributed by atoms with Crippen LogP contribution in [-0.2, 0) is 12.8 Å². The first-order valence-corrected chi connectivity index (χ1v) is 10.6. The predicted molar refractivity (Wildman–Crippen MR) is 125 cm³/mol. The van der Waals surface area contributed by atoms with E-state index in [9.17, 15) is 0 Å². The number of nitrogens with two attached hydrogens (primary N) is 1. The van der Waals surface area contributed by atoms with Crippen LogP contribution < -0.4 is 10.5 Å². The van der Waals surface area contributed by atoms with Gasteiger partial charge in [-0.2, -0.15) is 0 Å². The van der Waals surface area contributed by atoms with Crippen LogP contribution in [0, 0.1) is 0 Å². The lowest BCUT2D eigenvalue weighted by Gasteiger charge is -2.30. The molecule has 3 aromatic rings. The zero-order valence-electron chi connectivity index (χ0n) is 18.1. The Kier molecular flexibility index (Phi) is 4.08. The van der Waals surface area contributed by atoms with Crippen LogP contribution >= 0.6 is 0 Å². The zero-order valence-corrected chi connectivity index (χ0v) is 18.1. The van der Waals surface area contributed by atoms with Gasteiger partial charge in [0.2, 0.25) is 0 Å². The SMILES string of the molecule is CC1(C)Cc2ccc3c(c2C(c2cccc(-c4ccc(N)cc4)c2)=N1)CC(C)(C)O3. The zero-order chi connectivity index (χ0) is 21.1. The molecule has 2 heterocycles. The van der Waals surface area contributed by atoms with E-state index in [-0.39, 0.29) is 11.1 Å². The van der Waals surface area contributed by atoms with Gasteiger partial charge in [0, 0.05) is 28.8 Å². The van der Waals surface area contributed by atoms with Crippen molar-refractivity contribution >= 4 is 11.4 Å². The lowest BCUT2D eigenvalue weighted by Crippen LogP contribution is -2.30. The molecule has 0 bridgehead atoms. The van der Waals surface area contributed by atoms with Crippen molar-refractivity contribution in [1.29, 1.82) is 0 Å². The first kappa shape index (κ1) is 18.9. The maximum absolute atomic E-state index is 6.23. The molecule has 2 N–H and O–H groups in total. The molecule has 3 aromatic carbocycles. The second kappa shape index (κ2) is 6.46. The van der Waals surface area contributed by atoms with Crippen LogP contribution in [0.5, 0.6) is 5.75 Å². The van der Waals surface area contributed by atoms with Crippen LogP contribution in [0.3, 0.4) is 0 Å². The quantitative estimate of drug-likeness (QED) is 0.555. The van der Waals surface area contributed by atoms with Gasteiger partial charge < -0.3 is 10.5 Å². The lowest BCUT2D eigenvalue weighted by atomic mass is 9.81. The fourth-order valence-electron chi connectivity index (χ4n) is 4.74. The highest BCUT2D eigenvalue weighted by molar-refractivity contribution is 6.16. The molecule has 3 nitrogen and oxygen atoms in total. The van der Waals surface area contributed by atoms with E-state index in [4.69, 9.17) is 15.5 Å². The number of nitrogen functional groups attached to an aromatic ring is 1. The summed E-state index contributed by atoms with van der Waals surface area (Å²) in [5.41, 5.74) is 14.8. The third kappa shape index (κ3) is 3.28. The van der Waals surface area contributed by atoms with Gasteiger partial charge in [0.25, 0.3) is 0 Å². The third-order valence-electron chi connectivity index (χ3n) is 6.00. The number of hydrogen-bond donors (Lipinski definition) is 1. The number of rotatable bonds is 2. The van der Waals surface area contributed by atoms with Crippen molar-refractivity contribution in [3.8, 4) is 16.9 Å². The lowest BCUT2D eigenvalue weighted by molar-refractivity contribution is 0.138. The summed E-state index contributed by atoms with van der Waals surface area (Å²) in [6.45, 7) is 8.75. The van der Waals surface area contributed by atoms with E-state index in [2.05, 4.69) is 76.2 Å². The van der Waals surface area contributed by atoms with Gasteiger partial charge in [0.1, 0.15) is 11.4 Å². The second-order valence-electron chi connectivity index (χ2n) is 9.77. The van der Waals surface area contributed by atoms with Crippen molar-refractivity contribution < 1.29 is 4.74 Å². The maximum Gasteiger partial charge on any atom is 0.124 e.